The van der Waals surface area contributed by atoms with Crippen molar-refractivity contribution in [2.24, 2.45) is 0 Å². The molecule has 0 heterocycles. The zero-order valence-electron chi connectivity index (χ0n) is 18.8. The molecule has 3 aromatic carbocycles. The van der Waals surface area contributed by atoms with Gasteiger partial charge in [-0.15, -0.1) is 0 Å². The Hall–Kier alpha value is -4.11. The number of hydrogen-bond donors (Lipinski definition) is 3. The van der Waals surface area contributed by atoms with Crippen LogP contribution >= 0.6 is 12.2 Å². The number of methoxy groups -OCH3 is 2. The van der Waals surface area contributed by atoms with Crippen LogP contribution in [0.25, 0.3) is 0 Å². The molecule has 0 aliphatic heterocycles. The van der Waals surface area contributed by atoms with Crippen molar-refractivity contribution in [1.29, 1.82) is 0 Å². The van der Waals surface area contributed by atoms with Gasteiger partial charge in [-0.1, -0.05) is 42.5 Å². The Morgan fingerprint density at radius 2 is 1.50 bits per heavy atom. The van der Waals surface area contributed by atoms with E-state index in [1.807, 2.05) is 30.3 Å². The van der Waals surface area contributed by atoms with E-state index in [0.717, 1.165) is 5.56 Å². The number of hydrazine groups is 1. The topological polar surface area (TPSA) is 97.9 Å². The van der Waals surface area contributed by atoms with Gasteiger partial charge in [0.1, 0.15) is 5.75 Å². The Labute approximate surface area is 203 Å². The Kier molecular flexibility index (Phi) is 8.81. The minimum atomic E-state index is -0.470. The normalized spacial score (nSPS) is 10.1. The van der Waals surface area contributed by atoms with E-state index in [2.05, 4.69) is 16.2 Å². The van der Waals surface area contributed by atoms with Crippen molar-refractivity contribution in [3.05, 3.63) is 89.5 Å². The number of ether oxygens (including phenoxy) is 3. The molecule has 0 saturated carbocycles. The molecule has 0 saturated heterocycles. The number of rotatable bonds is 8. The summed E-state index contributed by atoms with van der Waals surface area (Å²) in [7, 11) is 2.98. The third-order valence-corrected chi connectivity index (χ3v) is 4.99. The lowest BCUT2D eigenvalue weighted by Gasteiger charge is -2.14. The summed E-state index contributed by atoms with van der Waals surface area (Å²) in [5.74, 6) is 0.415. The zero-order chi connectivity index (χ0) is 24.3. The molecule has 0 radical (unpaired) electrons. The SMILES string of the molecule is COc1ccc(C(=O)NNC(=S)NC(=O)c2ccccc2OCCc2ccccc2)cc1OC. The Morgan fingerprint density at radius 3 is 2.24 bits per heavy atom. The summed E-state index contributed by atoms with van der Waals surface area (Å²) in [5, 5.41) is 2.46. The smallest absolute Gasteiger partial charge is 0.269 e. The maximum absolute atomic E-state index is 12.7. The molecule has 0 aliphatic carbocycles. The number of carbonyl (C=O) groups is 2. The summed E-state index contributed by atoms with van der Waals surface area (Å²) in [6.45, 7) is 0.415. The van der Waals surface area contributed by atoms with Crippen LogP contribution in [-0.2, 0) is 6.42 Å². The predicted molar refractivity (Wildman–Crippen MR) is 132 cm³/mol. The van der Waals surface area contributed by atoms with Gasteiger partial charge in [0.15, 0.2) is 16.6 Å². The van der Waals surface area contributed by atoms with E-state index >= 15 is 0 Å². The second-order valence-corrected chi connectivity index (χ2v) is 7.42. The molecule has 0 bridgehead atoms. The van der Waals surface area contributed by atoms with Gasteiger partial charge in [0, 0.05) is 12.0 Å². The summed E-state index contributed by atoms with van der Waals surface area (Å²) in [6.07, 6.45) is 0.707. The number of carbonyl (C=O) groups excluding carboxylic acids is 2. The number of hydrogen-bond acceptors (Lipinski definition) is 6. The molecular formula is C25H25N3O5S. The van der Waals surface area contributed by atoms with Crippen LogP contribution in [0.1, 0.15) is 26.3 Å². The summed E-state index contributed by atoms with van der Waals surface area (Å²) < 4.78 is 16.2. The third kappa shape index (κ3) is 6.69. The Bertz CT molecular complexity index is 1150. The average Bonchev–Trinajstić information content (AvgIpc) is 2.87. The molecule has 3 N–H and O–H groups in total. The monoisotopic (exact) mass is 479 g/mol. The van der Waals surface area contributed by atoms with Crippen molar-refractivity contribution in [2.45, 2.75) is 6.42 Å². The van der Waals surface area contributed by atoms with E-state index in [9.17, 15) is 9.59 Å². The molecule has 176 valence electrons. The molecule has 3 aromatic rings. The van der Waals surface area contributed by atoms with Crippen LogP contribution in [-0.4, -0.2) is 37.8 Å². The maximum Gasteiger partial charge on any atom is 0.269 e. The van der Waals surface area contributed by atoms with Crippen molar-refractivity contribution < 1.29 is 23.8 Å². The van der Waals surface area contributed by atoms with E-state index in [4.69, 9.17) is 26.4 Å². The molecule has 9 heteroatoms. The third-order valence-electron chi connectivity index (χ3n) is 4.79. The Balaban J connectivity index is 1.53. The molecule has 0 aromatic heterocycles. The number of thiocarbonyl (C=S) groups is 1. The first-order valence-corrected chi connectivity index (χ1v) is 10.8. The van der Waals surface area contributed by atoms with Crippen LogP contribution in [0, 0.1) is 0 Å². The lowest BCUT2D eigenvalue weighted by Crippen LogP contribution is -2.48. The first-order chi connectivity index (χ1) is 16.5. The number of amides is 2. The van der Waals surface area contributed by atoms with Gasteiger partial charge in [-0.25, -0.2) is 0 Å². The van der Waals surface area contributed by atoms with E-state index in [1.165, 1.54) is 20.3 Å². The van der Waals surface area contributed by atoms with Gasteiger partial charge in [0.05, 0.1) is 26.4 Å². The van der Waals surface area contributed by atoms with E-state index in [0.29, 0.717) is 41.4 Å². The standard InChI is InChI=1S/C25H25N3O5S/c1-31-21-13-12-18(16-22(21)32-2)23(29)27-28-25(34)26-24(30)19-10-6-7-11-20(19)33-15-14-17-8-4-3-5-9-17/h3-13,16H,14-15H2,1-2H3,(H,27,29)(H2,26,28,30,34). The second-order valence-electron chi connectivity index (χ2n) is 7.01. The van der Waals surface area contributed by atoms with Crippen LogP contribution in [0.4, 0.5) is 0 Å². The predicted octanol–water partition coefficient (Wildman–Crippen LogP) is 3.27. The minimum Gasteiger partial charge on any atom is -0.493 e. The van der Waals surface area contributed by atoms with Crippen LogP contribution in [0.15, 0.2) is 72.8 Å². The molecule has 0 aliphatic rings. The molecular weight excluding hydrogens is 454 g/mol. The maximum atomic E-state index is 12.7. The molecule has 0 unspecified atom stereocenters. The van der Waals surface area contributed by atoms with Crippen molar-refractivity contribution >= 4 is 29.1 Å². The quantitative estimate of drug-likeness (QED) is 0.337. The molecule has 0 spiro atoms. The van der Waals surface area contributed by atoms with Gasteiger partial charge in [0.2, 0.25) is 0 Å². The zero-order valence-corrected chi connectivity index (χ0v) is 19.6. The number of benzene rings is 3. The fraction of sp³-hybridized carbons (Fsp3) is 0.160. The lowest BCUT2D eigenvalue weighted by atomic mass is 10.1. The van der Waals surface area contributed by atoms with E-state index in [1.54, 1.807) is 36.4 Å². The largest absolute Gasteiger partial charge is 0.493 e. The van der Waals surface area contributed by atoms with Crippen LogP contribution < -0.4 is 30.4 Å². The Morgan fingerprint density at radius 1 is 0.794 bits per heavy atom. The van der Waals surface area contributed by atoms with Gasteiger partial charge >= 0.3 is 0 Å². The highest BCUT2D eigenvalue weighted by atomic mass is 32.1. The fourth-order valence-corrected chi connectivity index (χ4v) is 3.21. The highest BCUT2D eigenvalue weighted by molar-refractivity contribution is 7.80. The summed E-state index contributed by atoms with van der Waals surface area (Å²) in [5.41, 5.74) is 6.74. The van der Waals surface area contributed by atoms with Gasteiger partial charge in [-0.3, -0.25) is 25.8 Å². The summed E-state index contributed by atoms with van der Waals surface area (Å²) in [6, 6.07) is 21.5. The van der Waals surface area contributed by atoms with Gasteiger partial charge < -0.3 is 14.2 Å². The van der Waals surface area contributed by atoms with Crippen LogP contribution in [0.2, 0.25) is 0 Å². The minimum absolute atomic E-state index is 0.0714. The van der Waals surface area contributed by atoms with E-state index in [-0.39, 0.29) is 5.11 Å². The van der Waals surface area contributed by atoms with Crippen LogP contribution in [0.3, 0.4) is 0 Å². The molecule has 3 rings (SSSR count). The van der Waals surface area contributed by atoms with Gasteiger partial charge in [-0.05, 0) is 48.1 Å². The van der Waals surface area contributed by atoms with Crippen LogP contribution in [0.5, 0.6) is 17.2 Å². The van der Waals surface area contributed by atoms with E-state index < -0.39 is 11.8 Å². The summed E-state index contributed by atoms with van der Waals surface area (Å²) in [4.78, 5) is 25.1. The number of para-hydroxylation sites is 1. The fourth-order valence-electron chi connectivity index (χ4n) is 3.07. The first kappa shape index (κ1) is 24.5. The summed E-state index contributed by atoms with van der Waals surface area (Å²) >= 11 is 5.14. The van der Waals surface area contributed by atoms with Crippen molar-refractivity contribution in [3.8, 4) is 17.2 Å². The highest BCUT2D eigenvalue weighted by Gasteiger charge is 2.15. The lowest BCUT2D eigenvalue weighted by molar-refractivity contribution is 0.0933. The van der Waals surface area contributed by atoms with Crippen molar-refractivity contribution in [1.82, 2.24) is 16.2 Å². The van der Waals surface area contributed by atoms with Crippen molar-refractivity contribution in [2.75, 3.05) is 20.8 Å². The first-order valence-electron chi connectivity index (χ1n) is 10.4. The van der Waals surface area contributed by atoms with Gasteiger partial charge in [0.25, 0.3) is 11.8 Å². The number of nitrogens with one attached hydrogen (secondary N) is 3. The van der Waals surface area contributed by atoms with Gasteiger partial charge in [-0.2, -0.15) is 0 Å². The second kappa shape index (κ2) is 12.2. The molecule has 34 heavy (non-hydrogen) atoms. The molecule has 0 fully saturated rings. The molecule has 0 atom stereocenters. The van der Waals surface area contributed by atoms with Crippen molar-refractivity contribution in [3.63, 3.8) is 0 Å². The molecule has 8 nitrogen and oxygen atoms in total. The molecule has 2 amide bonds. The highest BCUT2D eigenvalue weighted by Crippen LogP contribution is 2.27. The average molecular weight is 480 g/mol.